The Labute approximate surface area is 235 Å². The lowest BCUT2D eigenvalue weighted by Crippen LogP contribution is -2.51. The molecule has 3 aromatic rings. The molecule has 0 spiro atoms. The number of aryl methyl sites for hydroxylation is 2. The number of hydrogen-bond acceptors (Lipinski definition) is 5. The van der Waals surface area contributed by atoms with Gasteiger partial charge in [0, 0.05) is 18.6 Å². The normalized spacial score (nSPS) is 11.9. The first kappa shape index (κ1) is 30.0. The molecule has 208 valence electrons. The number of carbonyl (C=O) groups excluding carboxylic acids is 2. The Morgan fingerprint density at radius 1 is 1.00 bits per heavy atom. The number of hydrogen-bond donors (Lipinski definition) is 1. The monoisotopic (exact) mass is 571 g/mol. The number of amides is 2. The van der Waals surface area contributed by atoms with Crippen LogP contribution in [0.15, 0.2) is 71.6 Å². The first-order valence-electron chi connectivity index (χ1n) is 12.5. The van der Waals surface area contributed by atoms with Gasteiger partial charge >= 0.3 is 0 Å². The molecule has 2 amide bonds. The Bertz CT molecular complexity index is 1430. The van der Waals surface area contributed by atoms with E-state index in [4.69, 9.17) is 16.3 Å². The van der Waals surface area contributed by atoms with Crippen LogP contribution in [0.2, 0.25) is 5.02 Å². The predicted octanol–water partition coefficient (Wildman–Crippen LogP) is 4.71. The van der Waals surface area contributed by atoms with Crippen LogP contribution < -0.4 is 14.4 Å². The van der Waals surface area contributed by atoms with Gasteiger partial charge in [-0.25, -0.2) is 8.42 Å². The van der Waals surface area contributed by atoms with Crippen LogP contribution >= 0.6 is 11.6 Å². The van der Waals surface area contributed by atoms with Crippen molar-refractivity contribution in [2.24, 2.45) is 0 Å². The quantitative estimate of drug-likeness (QED) is 0.359. The predicted molar refractivity (Wildman–Crippen MR) is 154 cm³/mol. The van der Waals surface area contributed by atoms with Crippen LogP contribution in [0, 0.1) is 13.8 Å². The highest BCUT2D eigenvalue weighted by Crippen LogP contribution is 2.27. The summed E-state index contributed by atoms with van der Waals surface area (Å²) in [6, 6.07) is 17.4. The van der Waals surface area contributed by atoms with Gasteiger partial charge in [-0.15, -0.1) is 0 Å². The molecule has 0 fully saturated rings. The maximum Gasteiger partial charge on any atom is 0.264 e. The SMILES string of the molecule is CC[C@@H](C(=O)NC)N(Cc1cccc(OC)c1)C(=O)CN(c1ccc(C)c(C)c1)S(=O)(=O)c1ccc(Cl)cc1. The number of nitrogens with one attached hydrogen (secondary N) is 1. The third-order valence-electron chi connectivity index (χ3n) is 6.58. The van der Waals surface area contributed by atoms with E-state index < -0.39 is 28.5 Å². The Morgan fingerprint density at radius 3 is 2.28 bits per heavy atom. The fourth-order valence-corrected chi connectivity index (χ4v) is 5.73. The van der Waals surface area contributed by atoms with Gasteiger partial charge in [0.15, 0.2) is 0 Å². The number of ether oxygens (including phenoxy) is 1. The van der Waals surface area contributed by atoms with Crippen LogP contribution in [0.1, 0.15) is 30.0 Å². The molecule has 0 unspecified atom stereocenters. The number of nitrogens with zero attached hydrogens (tertiary/aromatic N) is 2. The van der Waals surface area contributed by atoms with Gasteiger partial charge in [0.25, 0.3) is 10.0 Å². The summed E-state index contributed by atoms with van der Waals surface area (Å²) in [7, 11) is -1.11. The molecule has 0 aliphatic heterocycles. The molecule has 0 aromatic heterocycles. The molecule has 1 N–H and O–H groups in total. The van der Waals surface area contributed by atoms with Gasteiger partial charge in [-0.05, 0) is 85.5 Å². The van der Waals surface area contributed by atoms with Crippen molar-refractivity contribution < 1.29 is 22.7 Å². The van der Waals surface area contributed by atoms with E-state index >= 15 is 0 Å². The second-order valence-corrected chi connectivity index (χ2v) is 11.4. The molecule has 8 nitrogen and oxygen atoms in total. The molecule has 3 rings (SSSR count). The van der Waals surface area contributed by atoms with Crippen LogP contribution in [0.3, 0.4) is 0 Å². The van der Waals surface area contributed by atoms with E-state index in [-0.39, 0.29) is 17.3 Å². The van der Waals surface area contributed by atoms with Crippen LogP contribution in [0.25, 0.3) is 0 Å². The number of benzene rings is 3. The second-order valence-electron chi connectivity index (χ2n) is 9.15. The molecule has 0 saturated heterocycles. The lowest BCUT2D eigenvalue weighted by molar-refractivity contribution is -0.140. The van der Waals surface area contributed by atoms with Crippen molar-refractivity contribution in [2.45, 2.75) is 44.7 Å². The minimum absolute atomic E-state index is 0.00406. The maximum atomic E-state index is 14.0. The van der Waals surface area contributed by atoms with Gasteiger partial charge in [0.05, 0.1) is 17.7 Å². The molecule has 0 saturated carbocycles. The molecule has 0 bridgehead atoms. The number of methoxy groups -OCH3 is 1. The number of sulfonamides is 1. The zero-order valence-electron chi connectivity index (χ0n) is 22.8. The summed E-state index contributed by atoms with van der Waals surface area (Å²) in [4.78, 5) is 28.2. The zero-order valence-corrected chi connectivity index (χ0v) is 24.3. The van der Waals surface area contributed by atoms with E-state index in [0.29, 0.717) is 22.9 Å². The second kappa shape index (κ2) is 13.0. The molecule has 0 aliphatic rings. The molecule has 1 atom stereocenters. The first-order chi connectivity index (χ1) is 18.5. The number of carbonyl (C=O) groups is 2. The van der Waals surface area contributed by atoms with Gasteiger partial charge in [-0.1, -0.05) is 36.7 Å². The summed E-state index contributed by atoms with van der Waals surface area (Å²) in [6.45, 7) is 5.18. The summed E-state index contributed by atoms with van der Waals surface area (Å²) in [5.41, 5.74) is 2.94. The smallest absolute Gasteiger partial charge is 0.264 e. The third-order valence-corrected chi connectivity index (χ3v) is 8.62. The van der Waals surface area contributed by atoms with Crippen molar-refractivity contribution in [3.63, 3.8) is 0 Å². The fraction of sp³-hybridized carbons (Fsp3) is 0.310. The summed E-state index contributed by atoms with van der Waals surface area (Å²) in [6.07, 6.45) is 0.336. The van der Waals surface area contributed by atoms with Crippen molar-refractivity contribution in [2.75, 3.05) is 25.0 Å². The Morgan fingerprint density at radius 2 is 1.69 bits per heavy atom. The average molecular weight is 572 g/mol. The largest absolute Gasteiger partial charge is 0.497 e. The molecule has 10 heteroatoms. The van der Waals surface area contributed by atoms with Gasteiger partial charge in [-0.3, -0.25) is 13.9 Å². The minimum Gasteiger partial charge on any atom is -0.497 e. The van der Waals surface area contributed by atoms with Gasteiger partial charge in [0.2, 0.25) is 11.8 Å². The van der Waals surface area contributed by atoms with Gasteiger partial charge in [0.1, 0.15) is 18.3 Å². The molecular weight excluding hydrogens is 538 g/mol. The van der Waals surface area contributed by atoms with Crippen molar-refractivity contribution in [3.05, 3.63) is 88.4 Å². The number of rotatable bonds is 11. The molecule has 39 heavy (non-hydrogen) atoms. The topological polar surface area (TPSA) is 96.0 Å². The Hall–Kier alpha value is -3.56. The highest BCUT2D eigenvalue weighted by atomic mass is 35.5. The van der Waals surface area contributed by atoms with Crippen LogP contribution in [0.5, 0.6) is 5.75 Å². The number of halogens is 1. The molecule has 0 radical (unpaired) electrons. The van der Waals surface area contributed by atoms with Crippen molar-refractivity contribution >= 4 is 39.1 Å². The van der Waals surface area contributed by atoms with E-state index in [1.54, 1.807) is 44.4 Å². The molecular formula is C29H34ClN3O5S. The zero-order chi connectivity index (χ0) is 28.7. The van der Waals surface area contributed by atoms with E-state index in [2.05, 4.69) is 5.32 Å². The highest BCUT2D eigenvalue weighted by Gasteiger charge is 2.33. The number of likely N-dealkylation sites (N-methyl/N-ethyl adjacent to an activating group) is 1. The summed E-state index contributed by atoms with van der Waals surface area (Å²) in [5, 5.41) is 3.01. The van der Waals surface area contributed by atoms with Crippen LogP contribution in [0.4, 0.5) is 5.69 Å². The van der Waals surface area contributed by atoms with Crippen molar-refractivity contribution in [3.8, 4) is 5.75 Å². The minimum atomic E-state index is -4.16. The standard InChI is InChI=1S/C29H34ClN3O5S/c1-6-27(29(35)31-4)32(18-22-8-7-9-25(17-22)38-5)28(34)19-33(24-13-10-20(2)21(3)16-24)39(36,37)26-14-11-23(30)12-15-26/h7-17,27H,6,18-19H2,1-5H3,(H,31,35)/t27-/m0/s1. The average Bonchev–Trinajstić information content (AvgIpc) is 2.93. The lowest BCUT2D eigenvalue weighted by atomic mass is 10.1. The fourth-order valence-electron chi connectivity index (χ4n) is 4.20. The lowest BCUT2D eigenvalue weighted by Gasteiger charge is -2.33. The van der Waals surface area contributed by atoms with Gasteiger partial charge < -0.3 is 15.0 Å². The Balaban J connectivity index is 2.09. The van der Waals surface area contributed by atoms with E-state index in [0.717, 1.165) is 21.0 Å². The molecule has 0 heterocycles. The third kappa shape index (κ3) is 7.10. The van der Waals surface area contributed by atoms with E-state index in [9.17, 15) is 18.0 Å². The van der Waals surface area contributed by atoms with Crippen LogP contribution in [-0.4, -0.2) is 51.9 Å². The van der Waals surface area contributed by atoms with E-state index in [1.165, 1.54) is 36.2 Å². The molecule has 0 aliphatic carbocycles. The summed E-state index contributed by atoms with van der Waals surface area (Å²) < 4.78 is 34.2. The maximum absolute atomic E-state index is 14.0. The highest BCUT2D eigenvalue weighted by molar-refractivity contribution is 7.92. The summed E-state index contributed by atoms with van der Waals surface area (Å²) in [5.74, 6) is -0.258. The van der Waals surface area contributed by atoms with Crippen LogP contribution in [-0.2, 0) is 26.2 Å². The van der Waals surface area contributed by atoms with E-state index in [1.807, 2.05) is 26.0 Å². The molecule has 3 aromatic carbocycles. The van der Waals surface area contributed by atoms with Crippen molar-refractivity contribution in [1.82, 2.24) is 10.2 Å². The van der Waals surface area contributed by atoms with Gasteiger partial charge in [-0.2, -0.15) is 0 Å². The summed E-state index contributed by atoms with van der Waals surface area (Å²) >= 11 is 6.00. The van der Waals surface area contributed by atoms with Crippen molar-refractivity contribution in [1.29, 1.82) is 0 Å². The number of anilines is 1. The first-order valence-corrected chi connectivity index (χ1v) is 14.3. The Kier molecular flexibility index (Phi) is 9.99.